The van der Waals surface area contributed by atoms with Gasteiger partial charge in [0.25, 0.3) is 11.8 Å². The molecule has 4 heteroatoms. The van der Waals surface area contributed by atoms with Crippen molar-refractivity contribution in [1.29, 1.82) is 0 Å². The molecule has 2 rings (SSSR count). The number of rotatable bonds is 8. The Labute approximate surface area is 138 Å². The summed E-state index contributed by atoms with van der Waals surface area (Å²) in [5.74, 6) is -0.407. The summed E-state index contributed by atoms with van der Waals surface area (Å²) >= 11 is 0. The second-order valence-corrected chi connectivity index (χ2v) is 6.98. The monoisotopic (exact) mass is 317 g/mol. The molecule has 0 saturated carbocycles. The Kier molecular flexibility index (Phi) is 5.58. The van der Waals surface area contributed by atoms with Gasteiger partial charge in [-0.2, -0.15) is 0 Å². The first-order valence-corrected chi connectivity index (χ1v) is 8.46. The highest BCUT2D eigenvalue weighted by Crippen LogP contribution is 2.29. The molecular weight excluding hydrogens is 290 g/mol. The molecule has 126 valence electrons. The van der Waals surface area contributed by atoms with Crippen molar-refractivity contribution in [2.45, 2.75) is 53.1 Å². The number of hydrogen-bond donors (Lipinski definition) is 0. The summed E-state index contributed by atoms with van der Waals surface area (Å²) in [5, 5.41) is 0. The quantitative estimate of drug-likeness (QED) is 0.683. The van der Waals surface area contributed by atoms with Gasteiger partial charge >= 0.3 is 0 Å². The standard InChI is InChI=1S/C19H27NO3/c1-5-11-23-14(12-19(3,4)6-2)13-20-17(21)15-9-7-8-10-16(15)18(20)22/h7-10,14H,5-6,11-13H2,1-4H3/t14-/m0/s1. The van der Waals surface area contributed by atoms with Crippen molar-refractivity contribution < 1.29 is 14.3 Å². The van der Waals surface area contributed by atoms with Crippen LogP contribution in [0.3, 0.4) is 0 Å². The van der Waals surface area contributed by atoms with Crippen LogP contribution in [-0.2, 0) is 4.74 Å². The highest BCUT2D eigenvalue weighted by Gasteiger charge is 2.37. The zero-order chi connectivity index (χ0) is 17.0. The summed E-state index contributed by atoms with van der Waals surface area (Å²) in [6, 6.07) is 7.01. The van der Waals surface area contributed by atoms with E-state index in [1.165, 1.54) is 4.90 Å². The third kappa shape index (κ3) is 3.99. The lowest BCUT2D eigenvalue weighted by molar-refractivity contribution is 0.00308. The maximum Gasteiger partial charge on any atom is 0.261 e. The number of ether oxygens (including phenoxy) is 1. The van der Waals surface area contributed by atoms with E-state index >= 15 is 0 Å². The van der Waals surface area contributed by atoms with E-state index in [4.69, 9.17) is 4.74 Å². The van der Waals surface area contributed by atoms with E-state index in [2.05, 4.69) is 27.7 Å². The highest BCUT2D eigenvalue weighted by molar-refractivity contribution is 6.21. The van der Waals surface area contributed by atoms with Crippen LogP contribution in [0, 0.1) is 5.41 Å². The molecule has 23 heavy (non-hydrogen) atoms. The topological polar surface area (TPSA) is 46.6 Å². The fourth-order valence-corrected chi connectivity index (χ4v) is 2.83. The van der Waals surface area contributed by atoms with Gasteiger partial charge in [-0.3, -0.25) is 14.5 Å². The average Bonchev–Trinajstić information content (AvgIpc) is 2.78. The molecule has 1 aliphatic rings. The second-order valence-electron chi connectivity index (χ2n) is 6.98. The Morgan fingerprint density at radius 1 is 1.09 bits per heavy atom. The van der Waals surface area contributed by atoms with Crippen molar-refractivity contribution in [3.8, 4) is 0 Å². The molecule has 1 aliphatic heterocycles. The molecule has 1 heterocycles. The molecule has 0 bridgehead atoms. The number of benzene rings is 1. The van der Waals surface area contributed by atoms with Gasteiger partial charge < -0.3 is 4.74 Å². The van der Waals surface area contributed by atoms with E-state index in [-0.39, 0.29) is 23.3 Å². The molecule has 1 atom stereocenters. The molecule has 0 fully saturated rings. The number of hydrogen-bond acceptors (Lipinski definition) is 3. The Bertz CT molecular complexity index is 545. The van der Waals surface area contributed by atoms with Crippen LogP contribution in [-0.4, -0.2) is 36.0 Å². The van der Waals surface area contributed by atoms with Gasteiger partial charge in [0, 0.05) is 6.61 Å². The molecule has 0 N–H and O–H groups in total. The van der Waals surface area contributed by atoms with E-state index in [0.29, 0.717) is 24.3 Å². The minimum absolute atomic E-state index is 0.118. The predicted octanol–water partition coefficient (Wildman–Crippen LogP) is 3.90. The van der Waals surface area contributed by atoms with Crippen molar-refractivity contribution >= 4 is 11.8 Å². The number of carbonyl (C=O) groups excluding carboxylic acids is 2. The number of amides is 2. The number of nitrogens with zero attached hydrogens (tertiary/aromatic N) is 1. The van der Waals surface area contributed by atoms with Crippen LogP contribution in [0.25, 0.3) is 0 Å². The van der Waals surface area contributed by atoms with Crippen LogP contribution in [0.2, 0.25) is 0 Å². The number of fused-ring (bicyclic) bond motifs is 1. The van der Waals surface area contributed by atoms with Crippen molar-refractivity contribution in [2.75, 3.05) is 13.2 Å². The van der Waals surface area contributed by atoms with Crippen LogP contribution in [0.4, 0.5) is 0 Å². The Hall–Kier alpha value is -1.68. The maximum absolute atomic E-state index is 12.5. The number of imide groups is 1. The summed E-state index contributed by atoms with van der Waals surface area (Å²) in [4.78, 5) is 26.3. The van der Waals surface area contributed by atoms with Crippen LogP contribution in [0.1, 0.15) is 67.7 Å². The molecule has 2 amide bonds. The molecule has 0 saturated heterocycles. The van der Waals surface area contributed by atoms with Crippen molar-refractivity contribution in [2.24, 2.45) is 5.41 Å². The van der Waals surface area contributed by atoms with Crippen LogP contribution in [0.15, 0.2) is 24.3 Å². The van der Waals surface area contributed by atoms with Crippen LogP contribution >= 0.6 is 0 Å². The summed E-state index contributed by atoms with van der Waals surface area (Å²) in [6.45, 7) is 9.57. The van der Waals surface area contributed by atoms with Gasteiger partial charge in [0.15, 0.2) is 0 Å². The lowest BCUT2D eigenvalue weighted by atomic mass is 9.84. The minimum Gasteiger partial charge on any atom is -0.376 e. The van der Waals surface area contributed by atoms with E-state index in [1.54, 1.807) is 24.3 Å². The predicted molar refractivity (Wildman–Crippen MR) is 90.5 cm³/mol. The van der Waals surface area contributed by atoms with Gasteiger partial charge in [-0.15, -0.1) is 0 Å². The molecule has 0 unspecified atom stereocenters. The zero-order valence-corrected chi connectivity index (χ0v) is 14.6. The second kappa shape index (κ2) is 7.26. The van der Waals surface area contributed by atoms with Crippen molar-refractivity contribution in [1.82, 2.24) is 4.90 Å². The molecule has 1 aromatic rings. The normalized spacial score (nSPS) is 15.9. The SMILES string of the molecule is CCCO[C@H](CN1C(=O)c2ccccc2C1=O)CC(C)(C)CC. The highest BCUT2D eigenvalue weighted by atomic mass is 16.5. The van der Waals surface area contributed by atoms with Gasteiger partial charge in [0.2, 0.25) is 0 Å². The lowest BCUT2D eigenvalue weighted by Gasteiger charge is -2.30. The first-order chi connectivity index (χ1) is 10.9. The Balaban J connectivity index is 2.14. The average molecular weight is 317 g/mol. The fourth-order valence-electron chi connectivity index (χ4n) is 2.83. The fraction of sp³-hybridized carbons (Fsp3) is 0.579. The molecule has 0 spiro atoms. The van der Waals surface area contributed by atoms with Gasteiger partial charge in [-0.25, -0.2) is 0 Å². The Morgan fingerprint density at radius 3 is 2.13 bits per heavy atom. The van der Waals surface area contributed by atoms with Gasteiger partial charge in [-0.05, 0) is 30.4 Å². The van der Waals surface area contributed by atoms with Crippen LogP contribution in [0.5, 0.6) is 0 Å². The molecule has 0 radical (unpaired) electrons. The third-order valence-electron chi connectivity index (χ3n) is 4.56. The van der Waals surface area contributed by atoms with Gasteiger partial charge in [0.1, 0.15) is 0 Å². The van der Waals surface area contributed by atoms with Crippen molar-refractivity contribution in [3.05, 3.63) is 35.4 Å². The van der Waals surface area contributed by atoms with Crippen LogP contribution < -0.4 is 0 Å². The first kappa shape index (κ1) is 17.7. The minimum atomic E-state index is -0.204. The first-order valence-electron chi connectivity index (χ1n) is 8.46. The molecule has 0 aromatic heterocycles. The Morgan fingerprint density at radius 2 is 1.65 bits per heavy atom. The smallest absolute Gasteiger partial charge is 0.261 e. The van der Waals surface area contributed by atoms with Gasteiger partial charge in [-0.1, -0.05) is 46.2 Å². The van der Waals surface area contributed by atoms with Crippen molar-refractivity contribution in [3.63, 3.8) is 0 Å². The molecule has 0 aliphatic carbocycles. The van der Waals surface area contributed by atoms with E-state index in [9.17, 15) is 9.59 Å². The molecule has 1 aromatic carbocycles. The summed E-state index contributed by atoms with van der Waals surface area (Å²) in [5.41, 5.74) is 1.12. The van der Waals surface area contributed by atoms with E-state index in [0.717, 1.165) is 19.3 Å². The largest absolute Gasteiger partial charge is 0.376 e. The third-order valence-corrected chi connectivity index (χ3v) is 4.56. The summed E-state index contributed by atoms with van der Waals surface area (Å²) in [6.07, 6.45) is 2.66. The van der Waals surface area contributed by atoms with E-state index < -0.39 is 0 Å². The summed E-state index contributed by atoms with van der Waals surface area (Å²) in [7, 11) is 0. The van der Waals surface area contributed by atoms with E-state index in [1.807, 2.05) is 0 Å². The summed E-state index contributed by atoms with van der Waals surface area (Å²) < 4.78 is 5.94. The lowest BCUT2D eigenvalue weighted by Crippen LogP contribution is -2.40. The zero-order valence-electron chi connectivity index (χ0n) is 14.6. The molecule has 4 nitrogen and oxygen atoms in total. The maximum atomic E-state index is 12.5. The number of carbonyl (C=O) groups is 2. The van der Waals surface area contributed by atoms with Gasteiger partial charge in [0.05, 0.1) is 23.8 Å². The molecular formula is C19H27NO3.